The first-order chi connectivity index (χ1) is 25.2. The summed E-state index contributed by atoms with van der Waals surface area (Å²) in [6, 6.07) is 57.2. The van der Waals surface area contributed by atoms with E-state index in [1.165, 1.54) is 22.3 Å². The number of pyridine rings is 2. The largest absolute Gasteiger partial charge is 0.251 e. The van der Waals surface area contributed by atoms with E-state index in [4.69, 9.17) is 19.9 Å². The van der Waals surface area contributed by atoms with Crippen molar-refractivity contribution in [2.45, 2.75) is 19.8 Å². The molecule has 51 heavy (non-hydrogen) atoms. The summed E-state index contributed by atoms with van der Waals surface area (Å²) in [5, 5.41) is 0. The molecule has 0 saturated heterocycles. The first kappa shape index (κ1) is 30.5. The second-order valence-corrected chi connectivity index (χ2v) is 13.1. The molecule has 4 heteroatoms. The van der Waals surface area contributed by atoms with Crippen molar-refractivity contribution in [1.29, 1.82) is 0 Å². The van der Waals surface area contributed by atoms with Crippen LogP contribution in [0, 0.1) is 6.92 Å². The quantitative estimate of drug-likeness (QED) is 0.179. The Labute approximate surface area is 298 Å². The summed E-state index contributed by atoms with van der Waals surface area (Å²) in [6.07, 6.45) is 1.89. The number of fused-ring (bicyclic) bond motifs is 3. The molecule has 242 valence electrons. The smallest absolute Gasteiger partial charge is 0.160 e. The standard InChI is InChI=1S/C47H34N4/c1-31-20-21-36-26-27-40-41(29-42(34-12-5-2-6-13-34)49-46(40)45(36)48-31)33-24-22-32(23-25-33)38-18-11-19-39(28-38)44-30-43(35-14-7-3-8-15-35)50-47(51-44)37-16-9-4-10-17-37/h2-25,28-30H,26-27H2,1H3. The number of nitrogens with zero attached hydrogens (tertiary/aromatic N) is 4. The van der Waals surface area contributed by atoms with Crippen molar-refractivity contribution < 1.29 is 0 Å². The van der Waals surface area contributed by atoms with E-state index in [0.717, 1.165) is 80.4 Å². The van der Waals surface area contributed by atoms with Gasteiger partial charge in [-0.1, -0.05) is 140 Å². The van der Waals surface area contributed by atoms with E-state index in [2.05, 4.69) is 128 Å². The lowest BCUT2D eigenvalue weighted by atomic mass is 9.86. The van der Waals surface area contributed by atoms with E-state index in [-0.39, 0.29) is 0 Å². The van der Waals surface area contributed by atoms with Crippen LogP contribution in [0.4, 0.5) is 0 Å². The Kier molecular flexibility index (Phi) is 7.82. The highest BCUT2D eigenvalue weighted by molar-refractivity contribution is 5.83. The third kappa shape index (κ3) is 6.02. The molecular formula is C47H34N4. The number of aromatic nitrogens is 4. The molecule has 8 aromatic rings. The first-order valence-corrected chi connectivity index (χ1v) is 17.4. The lowest BCUT2D eigenvalue weighted by molar-refractivity contribution is 0.910. The predicted octanol–water partition coefficient (Wildman–Crippen LogP) is 11.3. The van der Waals surface area contributed by atoms with Gasteiger partial charge in [-0.05, 0) is 77.4 Å². The molecule has 0 atom stereocenters. The Hall–Kier alpha value is -6.52. The van der Waals surface area contributed by atoms with Crippen LogP contribution in [0.25, 0.3) is 78.8 Å². The van der Waals surface area contributed by atoms with Crippen LogP contribution in [-0.2, 0) is 12.8 Å². The molecule has 0 saturated carbocycles. The third-order valence-electron chi connectivity index (χ3n) is 9.70. The van der Waals surface area contributed by atoms with Crippen LogP contribution in [0.3, 0.4) is 0 Å². The number of benzene rings is 5. The predicted molar refractivity (Wildman–Crippen MR) is 208 cm³/mol. The van der Waals surface area contributed by atoms with E-state index >= 15 is 0 Å². The fraction of sp³-hybridized carbons (Fsp3) is 0.0638. The van der Waals surface area contributed by atoms with E-state index < -0.39 is 0 Å². The lowest BCUT2D eigenvalue weighted by Gasteiger charge is -2.23. The molecule has 0 amide bonds. The van der Waals surface area contributed by atoms with Gasteiger partial charge in [0.1, 0.15) is 0 Å². The average molecular weight is 655 g/mol. The zero-order valence-electron chi connectivity index (χ0n) is 28.3. The van der Waals surface area contributed by atoms with E-state index in [1.54, 1.807) is 0 Å². The second-order valence-electron chi connectivity index (χ2n) is 13.1. The monoisotopic (exact) mass is 654 g/mol. The SMILES string of the molecule is Cc1ccc2c(n1)-c1nc(-c3ccccc3)cc(-c3ccc(-c4cccc(-c5cc(-c6ccccc6)nc(-c6ccccc6)n5)c4)cc3)c1CC2. The lowest BCUT2D eigenvalue weighted by Crippen LogP contribution is -2.10. The maximum atomic E-state index is 5.23. The zero-order chi connectivity index (χ0) is 34.1. The molecule has 0 bridgehead atoms. The summed E-state index contributed by atoms with van der Waals surface area (Å²) in [5.74, 6) is 0.713. The fourth-order valence-electron chi connectivity index (χ4n) is 7.06. The minimum Gasteiger partial charge on any atom is -0.251 e. The van der Waals surface area contributed by atoms with Crippen LogP contribution < -0.4 is 0 Å². The number of aryl methyl sites for hydroxylation is 2. The third-order valence-corrected chi connectivity index (χ3v) is 9.70. The summed E-state index contributed by atoms with van der Waals surface area (Å²) in [4.78, 5) is 20.3. The van der Waals surface area contributed by atoms with Crippen LogP contribution in [0.2, 0.25) is 0 Å². The molecule has 3 heterocycles. The molecule has 0 unspecified atom stereocenters. The van der Waals surface area contributed by atoms with Gasteiger partial charge in [0.25, 0.3) is 0 Å². The molecule has 0 fully saturated rings. The van der Waals surface area contributed by atoms with Crippen LogP contribution >= 0.6 is 0 Å². The molecule has 5 aromatic carbocycles. The Morgan fingerprint density at radius 3 is 1.63 bits per heavy atom. The minimum atomic E-state index is 0.713. The van der Waals surface area contributed by atoms with E-state index in [9.17, 15) is 0 Å². The van der Waals surface area contributed by atoms with Gasteiger partial charge in [-0.3, -0.25) is 4.98 Å². The average Bonchev–Trinajstić information content (AvgIpc) is 3.21. The van der Waals surface area contributed by atoms with Crippen molar-refractivity contribution in [3.8, 4) is 78.8 Å². The highest BCUT2D eigenvalue weighted by atomic mass is 14.9. The van der Waals surface area contributed by atoms with Crippen molar-refractivity contribution in [2.75, 3.05) is 0 Å². The van der Waals surface area contributed by atoms with Gasteiger partial charge in [-0.25, -0.2) is 15.0 Å². The molecule has 0 radical (unpaired) electrons. The highest BCUT2D eigenvalue weighted by Gasteiger charge is 2.24. The maximum Gasteiger partial charge on any atom is 0.160 e. The van der Waals surface area contributed by atoms with Gasteiger partial charge in [0, 0.05) is 27.9 Å². The normalized spacial score (nSPS) is 11.9. The van der Waals surface area contributed by atoms with Crippen molar-refractivity contribution in [3.05, 3.63) is 181 Å². The summed E-state index contributed by atoms with van der Waals surface area (Å²) >= 11 is 0. The molecule has 4 nitrogen and oxygen atoms in total. The van der Waals surface area contributed by atoms with Crippen molar-refractivity contribution >= 4 is 0 Å². The first-order valence-electron chi connectivity index (χ1n) is 17.4. The highest BCUT2D eigenvalue weighted by Crippen LogP contribution is 2.40. The number of hydrogen-bond acceptors (Lipinski definition) is 4. The minimum absolute atomic E-state index is 0.713. The van der Waals surface area contributed by atoms with E-state index in [0.29, 0.717) is 5.82 Å². The summed E-state index contributed by atoms with van der Waals surface area (Å²) in [6.45, 7) is 2.05. The topological polar surface area (TPSA) is 51.6 Å². The number of rotatable bonds is 6. The zero-order valence-corrected chi connectivity index (χ0v) is 28.3. The second kappa shape index (κ2) is 13.1. The van der Waals surface area contributed by atoms with Gasteiger partial charge >= 0.3 is 0 Å². The Bertz CT molecular complexity index is 2450. The van der Waals surface area contributed by atoms with Crippen molar-refractivity contribution in [1.82, 2.24) is 19.9 Å². The molecule has 0 N–H and O–H groups in total. The summed E-state index contributed by atoms with van der Waals surface area (Å²) in [7, 11) is 0. The van der Waals surface area contributed by atoms with Crippen LogP contribution in [0.1, 0.15) is 16.8 Å². The van der Waals surface area contributed by atoms with Crippen LogP contribution in [0.5, 0.6) is 0 Å². The van der Waals surface area contributed by atoms with Gasteiger partial charge < -0.3 is 0 Å². The molecule has 1 aliphatic carbocycles. The Morgan fingerprint density at radius 1 is 0.373 bits per heavy atom. The Balaban J connectivity index is 1.11. The summed E-state index contributed by atoms with van der Waals surface area (Å²) < 4.78 is 0. The molecule has 9 rings (SSSR count). The Morgan fingerprint density at radius 2 is 0.941 bits per heavy atom. The van der Waals surface area contributed by atoms with Gasteiger partial charge in [0.05, 0.1) is 28.5 Å². The van der Waals surface area contributed by atoms with Crippen molar-refractivity contribution in [3.63, 3.8) is 0 Å². The van der Waals surface area contributed by atoms with Crippen LogP contribution in [-0.4, -0.2) is 19.9 Å². The fourth-order valence-corrected chi connectivity index (χ4v) is 7.06. The molecule has 1 aliphatic rings. The van der Waals surface area contributed by atoms with Gasteiger partial charge in [0.15, 0.2) is 5.82 Å². The summed E-state index contributed by atoms with van der Waals surface area (Å²) in [5.41, 5.74) is 17.2. The molecular weight excluding hydrogens is 621 g/mol. The number of hydrogen-bond donors (Lipinski definition) is 0. The van der Waals surface area contributed by atoms with Crippen LogP contribution in [0.15, 0.2) is 164 Å². The van der Waals surface area contributed by atoms with Gasteiger partial charge in [0.2, 0.25) is 0 Å². The van der Waals surface area contributed by atoms with Crippen molar-refractivity contribution in [2.24, 2.45) is 0 Å². The maximum absolute atomic E-state index is 5.23. The van der Waals surface area contributed by atoms with E-state index in [1.807, 2.05) is 42.5 Å². The van der Waals surface area contributed by atoms with Gasteiger partial charge in [-0.2, -0.15) is 0 Å². The molecule has 0 aliphatic heterocycles. The van der Waals surface area contributed by atoms with Gasteiger partial charge in [-0.15, -0.1) is 0 Å². The molecule has 0 spiro atoms. The molecule has 3 aromatic heterocycles.